The molecule has 0 saturated heterocycles. The Labute approximate surface area is 96.7 Å². The van der Waals surface area contributed by atoms with Gasteiger partial charge in [-0.25, -0.2) is 4.98 Å². The van der Waals surface area contributed by atoms with Crippen molar-refractivity contribution >= 4 is 15.9 Å². The zero-order chi connectivity index (χ0) is 12.3. The van der Waals surface area contributed by atoms with E-state index in [4.69, 9.17) is 5.26 Å². The first-order valence-corrected chi connectivity index (χ1v) is 4.56. The predicted octanol–water partition coefficient (Wildman–Crippen LogP) is 2.62. The van der Waals surface area contributed by atoms with Crippen LogP contribution < -0.4 is 9.47 Å². The zero-order valence-electron chi connectivity index (χ0n) is 7.80. The van der Waals surface area contributed by atoms with Gasteiger partial charge >= 0.3 is 6.36 Å². The number of nitrogens with zero attached hydrogens (tertiary/aromatic N) is 2. The lowest BCUT2D eigenvalue weighted by Crippen LogP contribution is -2.18. The highest BCUT2D eigenvalue weighted by molar-refractivity contribution is 9.10. The van der Waals surface area contributed by atoms with Crippen LogP contribution in [0.15, 0.2) is 10.7 Å². The standard InChI is InChI=1S/C8H4BrF3N2O2/c1-15-6-4(2-13)5(9)3-14-7(6)16-8(10,11)12/h3H,1H3. The fraction of sp³-hybridized carbons (Fsp3) is 0.250. The highest BCUT2D eigenvalue weighted by Crippen LogP contribution is 2.35. The molecule has 1 rings (SSSR count). The van der Waals surface area contributed by atoms with Gasteiger partial charge in [0.15, 0.2) is 0 Å². The molecule has 0 saturated carbocycles. The molecular formula is C8H4BrF3N2O2. The predicted molar refractivity (Wildman–Crippen MR) is 49.9 cm³/mol. The molecule has 0 unspecified atom stereocenters. The minimum absolute atomic E-state index is 0.114. The maximum absolute atomic E-state index is 12.0. The van der Waals surface area contributed by atoms with Gasteiger partial charge < -0.3 is 9.47 Å². The monoisotopic (exact) mass is 296 g/mol. The summed E-state index contributed by atoms with van der Waals surface area (Å²) in [6.07, 6.45) is -3.86. The average Bonchev–Trinajstić information content (AvgIpc) is 2.18. The summed E-state index contributed by atoms with van der Waals surface area (Å²) in [5.74, 6) is -1.16. The maximum atomic E-state index is 12.0. The van der Waals surface area contributed by atoms with Crippen LogP contribution >= 0.6 is 15.9 Å². The summed E-state index contributed by atoms with van der Waals surface area (Å²) in [5, 5.41) is 8.73. The molecule has 0 amide bonds. The normalized spacial score (nSPS) is 10.8. The smallest absolute Gasteiger partial charge is 0.490 e. The second-order valence-corrected chi connectivity index (χ2v) is 3.33. The van der Waals surface area contributed by atoms with Crippen molar-refractivity contribution in [3.63, 3.8) is 0 Å². The molecule has 1 aromatic heterocycles. The molecule has 4 nitrogen and oxygen atoms in total. The molecule has 0 atom stereocenters. The van der Waals surface area contributed by atoms with E-state index in [1.807, 2.05) is 0 Å². The first-order chi connectivity index (χ1) is 7.39. The molecule has 0 N–H and O–H groups in total. The number of alkyl halides is 3. The summed E-state index contributed by atoms with van der Waals surface area (Å²) < 4.78 is 44.4. The minimum atomic E-state index is -4.89. The Morgan fingerprint density at radius 1 is 1.50 bits per heavy atom. The molecule has 8 heteroatoms. The topological polar surface area (TPSA) is 55.1 Å². The van der Waals surface area contributed by atoms with Gasteiger partial charge in [0.05, 0.1) is 11.6 Å². The lowest BCUT2D eigenvalue weighted by atomic mass is 10.2. The third kappa shape index (κ3) is 2.76. The van der Waals surface area contributed by atoms with Crippen LogP contribution in [-0.2, 0) is 0 Å². The van der Waals surface area contributed by atoms with Crippen molar-refractivity contribution in [1.82, 2.24) is 4.98 Å². The molecular weight excluding hydrogens is 293 g/mol. The van der Waals surface area contributed by atoms with Crippen molar-refractivity contribution in [3.05, 3.63) is 16.2 Å². The summed E-state index contributed by atoms with van der Waals surface area (Å²) in [6, 6.07) is 1.68. The van der Waals surface area contributed by atoms with Gasteiger partial charge in [0, 0.05) is 6.20 Å². The minimum Gasteiger partial charge on any atom is -0.490 e. The Hall–Kier alpha value is -1.49. The Kier molecular flexibility index (Phi) is 3.59. The van der Waals surface area contributed by atoms with Gasteiger partial charge in [0.1, 0.15) is 11.6 Å². The van der Waals surface area contributed by atoms with E-state index in [9.17, 15) is 13.2 Å². The summed E-state index contributed by atoms with van der Waals surface area (Å²) in [7, 11) is 1.12. The van der Waals surface area contributed by atoms with E-state index >= 15 is 0 Å². The number of hydrogen-bond acceptors (Lipinski definition) is 4. The van der Waals surface area contributed by atoms with Crippen LogP contribution in [0.2, 0.25) is 0 Å². The summed E-state index contributed by atoms with van der Waals surface area (Å²) >= 11 is 2.96. The number of aromatic nitrogens is 1. The molecule has 0 aliphatic heterocycles. The third-order valence-electron chi connectivity index (χ3n) is 1.48. The van der Waals surface area contributed by atoms with Gasteiger partial charge in [-0.05, 0) is 15.9 Å². The van der Waals surface area contributed by atoms with E-state index in [-0.39, 0.29) is 15.8 Å². The van der Waals surface area contributed by atoms with Crippen LogP contribution in [0, 0.1) is 11.3 Å². The molecule has 0 fully saturated rings. The number of pyridine rings is 1. The van der Waals surface area contributed by atoms with Crippen LogP contribution in [0.3, 0.4) is 0 Å². The van der Waals surface area contributed by atoms with Crippen molar-refractivity contribution in [1.29, 1.82) is 5.26 Å². The van der Waals surface area contributed by atoms with Crippen molar-refractivity contribution < 1.29 is 22.6 Å². The number of halogens is 4. The second-order valence-electron chi connectivity index (χ2n) is 2.48. The molecule has 0 bridgehead atoms. The van der Waals surface area contributed by atoms with Crippen LogP contribution in [0.5, 0.6) is 11.6 Å². The molecule has 0 aliphatic rings. The van der Waals surface area contributed by atoms with Gasteiger partial charge in [-0.2, -0.15) is 5.26 Å². The lowest BCUT2D eigenvalue weighted by Gasteiger charge is -2.12. The molecule has 86 valence electrons. The van der Waals surface area contributed by atoms with Gasteiger partial charge in [-0.15, -0.1) is 13.2 Å². The molecule has 0 radical (unpaired) electrons. The molecule has 0 aromatic carbocycles. The van der Waals surface area contributed by atoms with Gasteiger partial charge in [-0.3, -0.25) is 0 Å². The van der Waals surface area contributed by atoms with Crippen molar-refractivity contribution in [2.24, 2.45) is 0 Å². The third-order valence-corrected chi connectivity index (χ3v) is 2.08. The zero-order valence-corrected chi connectivity index (χ0v) is 9.39. The fourth-order valence-corrected chi connectivity index (χ4v) is 1.30. The summed E-state index contributed by atoms with van der Waals surface area (Å²) in [5.41, 5.74) is -0.114. The molecule has 1 heterocycles. The van der Waals surface area contributed by atoms with E-state index in [0.29, 0.717) is 0 Å². The van der Waals surface area contributed by atoms with E-state index < -0.39 is 12.2 Å². The Morgan fingerprint density at radius 2 is 2.12 bits per heavy atom. The van der Waals surface area contributed by atoms with Gasteiger partial charge in [0.25, 0.3) is 5.88 Å². The number of ether oxygens (including phenoxy) is 2. The van der Waals surface area contributed by atoms with E-state index in [2.05, 4.69) is 30.4 Å². The van der Waals surface area contributed by atoms with Crippen LogP contribution in [0.25, 0.3) is 0 Å². The first-order valence-electron chi connectivity index (χ1n) is 3.77. The van der Waals surface area contributed by atoms with Gasteiger partial charge in [0.2, 0.25) is 5.75 Å². The fourth-order valence-electron chi connectivity index (χ4n) is 0.930. The summed E-state index contributed by atoms with van der Waals surface area (Å²) in [4.78, 5) is 3.38. The SMILES string of the molecule is COc1c(OC(F)(F)F)ncc(Br)c1C#N. The number of rotatable bonds is 2. The highest BCUT2D eigenvalue weighted by atomic mass is 79.9. The summed E-state index contributed by atoms with van der Waals surface area (Å²) in [6.45, 7) is 0. The molecule has 1 aromatic rings. The number of methoxy groups -OCH3 is 1. The average molecular weight is 297 g/mol. The maximum Gasteiger partial charge on any atom is 0.574 e. The number of nitriles is 1. The second kappa shape index (κ2) is 4.57. The Balaban J connectivity index is 3.26. The molecule has 0 spiro atoms. The van der Waals surface area contributed by atoms with Crippen LogP contribution in [-0.4, -0.2) is 18.5 Å². The Bertz CT molecular complexity index is 442. The number of hydrogen-bond donors (Lipinski definition) is 0. The van der Waals surface area contributed by atoms with Gasteiger partial charge in [-0.1, -0.05) is 0 Å². The van der Waals surface area contributed by atoms with Crippen LogP contribution in [0.1, 0.15) is 5.56 Å². The molecule has 16 heavy (non-hydrogen) atoms. The van der Waals surface area contributed by atoms with Crippen molar-refractivity contribution in [2.45, 2.75) is 6.36 Å². The Morgan fingerprint density at radius 3 is 2.56 bits per heavy atom. The highest BCUT2D eigenvalue weighted by Gasteiger charge is 2.34. The quantitative estimate of drug-likeness (QED) is 0.842. The molecule has 0 aliphatic carbocycles. The lowest BCUT2D eigenvalue weighted by molar-refractivity contribution is -0.276. The van der Waals surface area contributed by atoms with Crippen molar-refractivity contribution in [2.75, 3.05) is 7.11 Å². The van der Waals surface area contributed by atoms with E-state index in [1.165, 1.54) is 0 Å². The first kappa shape index (κ1) is 12.6. The largest absolute Gasteiger partial charge is 0.574 e. The van der Waals surface area contributed by atoms with Crippen molar-refractivity contribution in [3.8, 4) is 17.7 Å². The van der Waals surface area contributed by atoms with Crippen LogP contribution in [0.4, 0.5) is 13.2 Å². The van der Waals surface area contributed by atoms with E-state index in [0.717, 1.165) is 13.3 Å². The van der Waals surface area contributed by atoms with E-state index in [1.54, 1.807) is 6.07 Å².